The number of benzene rings is 1. The molecule has 8 heteroatoms. The lowest BCUT2D eigenvalue weighted by molar-refractivity contribution is -0.142. The van der Waals surface area contributed by atoms with E-state index in [-0.39, 0.29) is 24.5 Å². The lowest BCUT2D eigenvalue weighted by atomic mass is 9.91. The van der Waals surface area contributed by atoms with Gasteiger partial charge in [-0.2, -0.15) is 0 Å². The van der Waals surface area contributed by atoms with Gasteiger partial charge in [0.2, 0.25) is 5.91 Å². The largest absolute Gasteiger partial charge is 0.486 e. The highest BCUT2D eigenvalue weighted by atomic mass is 16.6. The van der Waals surface area contributed by atoms with Crippen LogP contribution in [0.1, 0.15) is 45.6 Å². The molecule has 29 heavy (non-hydrogen) atoms. The Balaban J connectivity index is 1.54. The number of fused-ring (bicyclic) bond motifs is 1. The van der Waals surface area contributed by atoms with Crippen LogP contribution in [0.4, 0.5) is 4.79 Å². The van der Waals surface area contributed by atoms with Crippen molar-refractivity contribution in [1.29, 1.82) is 0 Å². The van der Waals surface area contributed by atoms with Crippen LogP contribution in [-0.4, -0.2) is 59.5 Å². The van der Waals surface area contributed by atoms with E-state index in [1.165, 1.54) is 0 Å². The number of rotatable bonds is 3. The Morgan fingerprint density at radius 1 is 1.14 bits per heavy atom. The lowest BCUT2D eigenvalue weighted by Gasteiger charge is -2.39. The van der Waals surface area contributed by atoms with Crippen LogP contribution in [0.2, 0.25) is 0 Å². The third kappa shape index (κ3) is 3.30. The van der Waals surface area contributed by atoms with Gasteiger partial charge in [0.25, 0.3) is 5.91 Å². The molecule has 3 aliphatic heterocycles. The smallest absolute Gasteiger partial charge is 0.325 e. The van der Waals surface area contributed by atoms with Crippen molar-refractivity contribution in [2.45, 2.75) is 57.7 Å². The first-order valence-corrected chi connectivity index (χ1v) is 10.2. The Hall–Kier alpha value is -2.77. The predicted molar refractivity (Wildman–Crippen MR) is 105 cm³/mol. The van der Waals surface area contributed by atoms with E-state index in [9.17, 15) is 14.4 Å². The van der Waals surface area contributed by atoms with Gasteiger partial charge in [0, 0.05) is 12.1 Å². The van der Waals surface area contributed by atoms with E-state index < -0.39 is 17.5 Å². The summed E-state index contributed by atoms with van der Waals surface area (Å²) in [7, 11) is 0. The van der Waals surface area contributed by atoms with Gasteiger partial charge < -0.3 is 19.7 Å². The number of likely N-dealkylation sites (tertiary alicyclic amines) is 1. The molecule has 3 atom stereocenters. The van der Waals surface area contributed by atoms with Crippen LogP contribution in [0.25, 0.3) is 0 Å². The maximum Gasteiger partial charge on any atom is 0.325 e. The number of nitrogens with one attached hydrogen (secondary N) is 1. The van der Waals surface area contributed by atoms with E-state index in [1.807, 2.05) is 18.7 Å². The Morgan fingerprint density at radius 3 is 2.48 bits per heavy atom. The van der Waals surface area contributed by atoms with Crippen LogP contribution in [0.5, 0.6) is 11.5 Å². The maximum absolute atomic E-state index is 13.2. The molecule has 0 spiro atoms. The first kappa shape index (κ1) is 19.5. The maximum atomic E-state index is 13.2. The van der Waals surface area contributed by atoms with Crippen molar-refractivity contribution in [2.24, 2.45) is 0 Å². The van der Waals surface area contributed by atoms with Crippen molar-refractivity contribution in [3.63, 3.8) is 0 Å². The van der Waals surface area contributed by atoms with Gasteiger partial charge in [0.05, 0.1) is 0 Å². The third-order valence-corrected chi connectivity index (χ3v) is 6.17. The fraction of sp³-hybridized carbons (Fsp3) is 0.571. The molecule has 2 saturated heterocycles. The number of imide groups is 1. The van der Waals surface area contributed by atoms with Gasteiger partial charge in [0.15, 0.2) is 11.5 Å². The SMILES string of the molecule is C[C@H]1CCC[C@H](C)N1C(=O)CN1C(=O)N[C@](C)(c2ccc3c(c2)OCCO3)C1=O. The average Bonchev–Trinajstić information content (AvgIpc) is 2.91. The molecule has 8 nitrogen and oxygen atoms in total. The van der Waals surface area contributed by atoms with E-state index in [4.69, 9.17) is 9.47 Å². The number of carbonyl (C=O) groups excluding carboxylic acids is 3. The molecule has 3 heterocycles. The number of urea groups is 1. The summed E-state index contributed by atoms with van der Waals surface area (Å²) in [4.78, 5) is 41.5. The summed E-state index contributed by atoms with van der Waals surface area (Å²) in [6, 6.07) is 4.85. The molecule has 0 bridgehead atoms. The van der Waals surface area contributed by atoms with Gasteiger partial charge in [-0.15, -0.1) is 0 Å². The molecule has 1 N–H and O–H groups in total. The van der Waals surface area contributed by atoms with Gasteiger partial charge >= 0.3 is 6.03 Å². The van der Waals surface area contributed by atoms with Crippen molar-refractivity contribution in [3.05, 3.63) is 23.8 Å². The van der Waals surface area contributed by atoms with E-state index in [0.29, 0.717) is 30.3 Å². The summed E-state index contributed by atoms with van der Waals surface area (Å²) in [6.07, 6.45) is 2.95. The molecule has 1 aromatic carbocycles. The Kier molecular flexibility index (Phi) is 4.88. The van der Waals surface area contributed by atoms with E-state index in [2.05, 4.69) is 5.32 Å². The first-order chi connectivity index (χ1) is 13.8. The molecular weight excluding hydrogens is 374 g/mol. The molecule has 4 rings (SSSR count). The number of carbonyl (C=O) groups is 3. The molecule has 0 radical (unpaired) electrons. The second kappa shape index (κ2) is 7.24. The quantitative estimate of drug-likeness (QED) is 0.783. The summed E-state index contributed by atoms with van der Waals surface area (Å²) in [6.45, 7) is 6.33. The summed E-state index contributed by atoms with van der Waals surface area (Å²) < 4.78 is 11.1. The molecular formula is C21H27N3O5. The van der Waals surface area contributed by atoms with E-state index >= 15 is 0 Å². The third-order valence-electron chi connectivity index (χ3n) is 6.17. The lowest BCUT2D eigenvalue weighted by Crippen LogP contribution is -2.52. The van der Waals surface area contributed by atoms with Gasteiger partial charge in [-0.1, -0.05) is 6.07 Å². The average molecular weight is 401 g/mol. The van der Waals surface area contributed by atoms with Gasteiger partial charge in [-0.25, -0.2) is 4.79 Å². The molecule has 0 aliphatic carbocycles. The van der Waals surface area contributed by atoms with Gasteiger partial charge in [0.1, 0.15) is 25.3 Å². The Morgan fingerprint density at radius 2 is 1.79 bits per heavy atom. The van der Waals surface area contributed by atoms with Crippen LogP contribution in [0.15, 0.2) is 18.2 Å². The van der Waals surface area contributed by atoms with Crippen LogP contribution in [0.3, 0.4) is 0 Å². The predicted octanol–water partition coefficient (Wildman–Crippen LogP) is 2.01. The molecule has 4 amide bonds. The first-order valence-electron chi connectivity index (χ1n) is 10.2. The minimum atomic E-state index is -1.26. The number of hydrogen-bond donors (Lipinski definition) is 1. The van der Waals surface area contributed by atoms with Crippen molar-refractivity contribution >= 4 is 17.8 Å². The second-order valence-electron chi connectivity index (χ2n) is 8.23. The number of piperidine rings is 1. The fourth-order valence-electron chi connectivity index (χ4n) is 4.52. The fourth-order valence-corrected chi connectivity index (χ4v) is 4.52. The van der Waals surface area contributed by atoms with Crippen molar-refractivity contribution < 1.29 is 23.9 Å². The zero-order valence-electron chi connectivity index (χ0n) is 17.1. The number of nitrogens with zero attached hydrogens (tertiary/aromatic N) is 2. The minimum Gasteiger partial charge on any atom is -0.486 e. The molecule has 156 valence electrons. The monoisotopic (exact) mass is 401 g/mol. The highest BCUT2D eigenvalue weighted by Gasteiger charge is 2.50. The molecule has 3 aliphatic rings. The topological polar surface area (TPSA) is 88.2 Å². The van der Waals surface area contributed by atoms with Gasteiger partial charge in [-0.05, 0) is 57.7 Å². The highest BCUT2D eigenvalue weighted by Crippen LogP contribution is 2.37. The van der Waals surface area contributed by atoms with Crippen LogP contribution < -0.4 is 14.8 Å². The van der Waals surface area contributed by atoms with Crippen LogP contribution in [-0.2, 0) is 15.1 Å². The zero-order chi connectivity index (χ0) is 20.8. The number of ether oxygens (including phenoxy) is 2. The van der Waals surface area contributed by atoms with E-state index in [0.717, 1.165) is 24.2 Å². The van der Waals surface area contributed by atoms with Crippen LogP contribution in [0, 0.1) is 0 Å². The highest BCUT2D eigenvalue weighted by molar-refractivity contribution is 6.09. The second-order valence-corrected chi connectivity index (χ2v) is 8.23. The summed E-state index contributed by atoms with van der Waals surface area (Å²) in [5.41, 5.74) is -0.665. The Labute approximate surface area is 170 Å². The van der Waals surface area contributed by atoms with Crippen molar-refractivity contribution in [2.75, 3.05) is 19.8 Å². The molecule has 0 saturated carbocycles. The molecule has 0 unspecified atom stereocenters. The number of amides is 4. The normalized spacial score (nSPS) is 29.1. The van der Waals surface area contributed by atoms with Crippen molar-refractivity contribution in [3.8, 4) is 11.5 Å². The van der Waals surface area contributed by atoms with E-state index in [1.54, 1.807) is 25.1 Å². The molecule has 1 aromatic rings. The van der Waals surface area contributed by atoms with Gasteiger partial charge in [-0.3, -0.25) is 14.5 Å². The summed E-state index contributed by atoms with van der Waals surface area (Å²) in [5, 5.41) is 2.75. The summed E-state index contributed by atoms with van der Waals surface area (Å²) in [5.74, 6) is 0.521. The summed E-state index contributed by atoms with van der Waals surface area (Å²) >= 11 is 0. The molecule has 0 aromatic heterocycles. The standard InChI is InChI=1S/C21H27N3O5/c1-13-5-4-6-14(2)24(13)18(25)12-23-19(26)21(3,22-20(23)27)15-7-8-16-17(11-15)29-10-9-28-16/h7-8,11,13-14H,4-6,9-10,12H2,1-3H3,(H,22,27)/t13-,14-,21+/m0/s1. The zero-order valence-corrected chi connectivity index (χ0v) is 17.1. The van der Waals surface area contributed by atoms with Crippen LogP contribution >= 0.6 is 0 Å². The Bertz CT molecular complexity index is 847. The molecule has 2 fully saturated rings. The van der Waals surface area contributed by atoms with Crippen molar-refractivity contribution in [1.82, 2.24) is 15.1 Å². The minimum absolute atomic E-state index is 0.108. The number of hydrogen-bond acceptors (Lipinski definition) is 5.